The number of hydrogen-bond acceptors (Lipinski definition) is 5. The van der Waals surface area contributed by atoms with E-state index in [1.165, 1.54) is 11.6 Å². The number of nitrogen functional groups attached to an aromatic ring is 1. The number of rotatable bonds is 7. The van der Waals surface area contributed by atoms with Crippen LogP contribution in [0.25, 0.3) is 0 Å². The second-order valence-electron chi connectivity index (χ2n) is 5.34. The van der Waals surface area contributed by atoms with Crippen LogP contribution in [-0.2, 0) is 13.6 Å². The third kappa shape index (κ3) is 3.47. The maximum atomic E-state index is 12.2. The van der Waals surface area contributed by atoms with Crippen molar-refractivity contribution in [2.45, 2.75) is 52.2 Å². The normalized spacial score (nSPS) is 11.7. The smallest absolute Gasteiger partial charge is 0.332 e. The number of aromatic nitrogens is 2. The van der Waals surface area contributed by atoms with Crippen molar-refractivity contribution < 1.29 is 5.11 Å². The van der Waals surface area contributed by atoms with Gasteiger partial charge in [-0.25, -0.2) is 4.79 Å². The monoisotopic (exact) mass is 298 g/mol. The van der Waals surface area contributed by atoms with E-state index in [0.29, 0.717) is 19.4 Å². The van der Waals surface area contributed by atoms with E-state index in [0.717, 1.165) is 11.0 Å². The molecule has 1 aromatic heterocycles. The molecule has 1 aromatic rings. The van der Waals surface area contributed by atoms with Gasteiger partial charge < -0.3 is 16.2 Å². The zero-order valence-corrected chi connectivity index (χ0v) is 13.3. The quantitative estimate of drug-likeness (QED) is 0.680. The molecule has 0 aliphatic heterocycles. The highest BCUT2D eigenvalue weighted by atomic mass is 16.3. The molecule has 0 aliphatic carbocycles. The highest BCUT2D eigenvalue weighted by Crippen LogP contribution is 2.17. The number of nitrogens with one attached hydrogen (secondary N) is 1. The van der Waals surface area contributed by atoms with E-state index in [-0.39, 0.29) is 18.1 Å². The van der Waals surface area contributed by atoms with Gasteiger partial charge in [-0.15, -0.1) is 0 Å². The van der Waals surface area contributed by atoms with Crippen molar-refractivity contribution in [2.75, 3.05) is 17.6 Å². The molecule has 120 valence electrons. The lowest BCUT2D eigenvalue weighted by Gasteiger charge is -2.26. The van der Waals surface area contributed by atoms with Gasteiger partial charge in [0.1, 0.15) is 11.5 Å². The first-order valence-electron chi connectivity index (χ1n) is 7.36. The molecule has 21 heavy (non-hydrogen) atoms. The largest absolute Gasteiger partial charge is 0.388 e. The van der Waals surface area contributed by atoms with Crippen molar-refractivity contribution in [1.29, 1.82) is 0 Å². The van der Waals surface area contributed by atoms with E-state index in [9.17, 15) is 14.7 Å². The molecule has 0 aromatic carbocycles. The summed E-state index contributed by atoms with van der Waals surface area (Å²) in [5.41, 5.74) is 4.33. The molecule has 4 N–H and O–H groups in total. The first kappa shape index (κ1) is 17.3. The fourth-order valence-electron chi connectivity index (χ4n) is 2.14. The summed E-state index contributed by atoms with van der Waals surface area (Å²) in [5.74, 6) is 0.125. The molecule has 7 heteroatoms. The first-order valence-corrected chi connectivity index (χ1v) is 7.36. The molecule has 1 heterocycles. The molecule has 0 unspecified atom stereocenters. The van der Waals surface area contributed by atoms with Crippen LogP contribution < -0.4 is 22.3 Å². The molecule has 0 fully saturated rings. The van der Waals surface area contributed by atoms with E-state index >= 15 is 0 Å². The zero-order valence-electron chi connectivity index (χ0n) is 13.3. The van der Waals surface area contributed by atoms with E-state index < -0.39 is 16.9 Å². The van der Waals surface area contributed by atoms with Crippen molar-refractivity contribution >= 4 is 11.5 Å². The van der Waals surface area contributed by atoms with Crippen LogP contribution in [0.5, 0.6) is 0 Å². The summed E-state index contributed by atoms with van der Waals surface area (Å²) in [7, 11) is 1.42. The molecular weight excluding hydrogens is 272 g/mol. The Morgan fingerprint density at radius 3 is 2.29 bits per heavy atom. The number of nitrogens with two attached hydrogens (primary N) is 1. The van der Waals surface area contributed by atoms with Crippen molar-refractivity contribution in [3.05, 3.63) is 20.8 Å². The maximum absolute atomic E-state index is 12.2. The summed E-state index contributed by atoms with van der Waals surface area (Å²) in [5, 5.41) is 13.2. The summed E-state index contributed by atoms with van der Waals surface area (Å²) in [6, 6.07) is 0. The Hall–Kier alpha value is -1.76. The van der Waals surface area contributed by atoms with Crippen LogP contribution in [0, 0.1) is 0 Å². The van der Waals surface area contributed by atoms with Gasteiger partial charge in [0.25, 0.3) is 5.56 Å². The Morgan fingerprint density at radius 2 is 1.81 bits per heavy atom. The van der Waals surface area contributed by atoms with Crippen LogP contribution in [0.15, 0.2) is 9.59 Å². The maximum Gasteiger partial charge on any atom is 0.332 e. The van der Waals surface area contributed by atoms with Gasteiger partial charge in [-0.3, -0.25) is 13.9 Å². The Morgan fingerprint density at radius 1 is 1.24 bits per heavy atom. The lowest BCUT2D eigenvalue weighted by molar-refractivity contribution is 0.0457. The van der Waals surface area contributed by atoms with Gasteiger partial charge >= 0.3 is 5.69 Å². The van der Waals surface area contributed by atoms with E-state index in [2.05, 4.69) is 5.32 Å². The minimum absolute atomic E-state index is 0.125. The van der Waals surface area contributed by atoms with Gasteiger partial charge in [-0.05, 0) is 19.3 Å². The second kappa shape index (κ2) is 6.80. The molecule has 0 saturated heterocycles. The molecule has 1 rings (SSSR count). The molecule has 0 saturated carbocycles. The van der Waals surface area contributed by atoms with Gasteiger partial charge in [-0.2, -0.15) is 0 Å². The number of anilines is 2. The van der Waals surface area contributed by atoms with Crippen LogP contribution >= 0.6 is 0 Å². The fourth-order valence-corrected chi connectivity index (χ4v) is 2.14. The van der Waals surface area contributed by atoms with Crippen molar-refractivity contribution in [2.24, 2.45) is 7.05 Å². The highest BCUT2D eigenvalue weighted by Gasteiger charge is 2.23. The Bertz CT molecular complexity index is 599. The van der Waals surface area contributed by atoms with Crippen LogP contribution in [0.2, 0.25) is 0 Å². The van der Waals surface area contributed by atoms with Gasteiger partial charge in [0.15, 0.2) is 0 Å². The van der Waals surface area contributed by atoms with Gasteiger partial charge in [0.2, 0.25) is 0 Å². The predicted molar refractivity (Wildman–Crippen MR) is 84.7 cm³/mol. The Labute approximate surface area is 124 Å². The molecule has 0 amide bonds. The minimum Gasteiger partial charge on any atom is -0.388 e. The molecule has 0 radical (unpaired) electrons. The van der Waals surface area contributed by atoms with Crippen molar-refractivity contribution in [1.82, 2.24) is 9.13 Å². The number of nitrogens with zero attached hydrogens (tertiary/aromatic N) is 2. The summed E-state index contributed by atoms with van der Waals surface area (Å²) in [6.45, 7) is 6.34. The van der Waals surface area contributed by atoms with E-state index in [4.69, 9.17) is 5.73 Å². The third-order valence-electron chi connectivity index (χ3n) is 3.94. The Kier molecular flexibility index (Phi) is 5.60. The predicted octanol–water partition coefficient (Wildman–Crippen LogP) is 0.502. The standard InChI is InChI=1S/C14H26N4O3/c1-5-8-18-11(15)10(12(19)17(4)13(18)20)16-9-14(21,6-2)7-3/h16,21H,5-9,15H2,1-4H3. The second-order valence-corrected chi connectivity index (χ2v) is 5.34. The van der Waals surface area contributed by atoms with Crippen LogP contribution in [-0.4, -0.2) is 26.4 Å². The summed E-state index contributed by atoms with van der Waals surface area (Å²) in [4.78, 5) is 24.2. The molecule has 0 spiro atoms. The van der Waals surface area contributed by atoms with Gasteiger partial charge in [0.05, 0.1) is 5.60 Å². The number of hydrogen-bond donors (Lipinski definition) is 3. The molecule has 0 bridgehead atoms. The summed E-state index contributed by atoms with van der Waals surface area (Å²) in [6.07, 6.45) is 1.85. The average Bonchev–Trinajstić information content (AvgIpc) is 2.49. The molecule has 0 aliphatic rings. The van der Waals surface area contributed by atoms with Crippen LogP contribution in [0.4, 0.5) is 11.5 Å². The lowest BCUT2D eigenvalue weighted by atomic mass is 9.97. The number of aliphatic hydroxyl groups is 1. The molecule has 0 atom stereocenters. The minimum atomic E-state index is -0.900. The zero-order chi connectivity index (χ0) is 16.2. The van der Waals surface area contributed by atoms with Gasteiger partial charge in [-0.1, -0.05) is 20.8 Å². The molecular formula is C14H26N4O3. The lowest BCUT2D eigenvalue weighted by Crippen LogP contribution is -2.43. The Balaban J connectivity index is 3.25. The fraction of sp³-hybridized carbons (Fsp3) is 0.714. The van der Waals surface area contributed by atoms with Crippen molar-refractivity contribution in [3.8, 4) is 0 Å². The summed E-state index contributed by atoms with van der Waals surface area (Å²) < 4.78 is 2.41. The summed E-state index contributed by atoms with van der Waals surface area (Å²) >= 11 is 0. The van der Waals surface area contributed by atoms with E-state index in [1.807, 2.05) is 20.8 Å². The third-order valence-corrected chi connectivity index (χ3v) is 3.94. The molecule has 7 nitrogen and oxygen atoms in total. The van der Waals surface area contributed by atoms with Crippen molar-refractivity contribution in [3.63, 3.8) is 0 Å². The van der Waals surface area contributed by atoms with Crippen LogP contribution in [0.1, 0.15) is 40.0 Å². The van der Waals surface area contributed by atoms with E-state index in [1.54, 1.807) is 0 Å². The average molecular weight is 298 g/mol. The topological polar surface area (TPSA) is 102 Å². The first-order chi connectivity index (χ1) is 9.81. The highest BCUT2D eigenvalue weighted by molar-refractivity contribution is 5.60. The SMILES string of the molecule is CCCn1c(N)c(NCC(O)(CC)CC)c(=O)n(C)c1=O. The van der Waals surface area contributed by atoms with Gasteiger partial charge in [0, 0.05) is 20.1 Å². The van der Waals surface area contributed by atoms with Crippen LogP contribution in [0.3, 0.4) is 0 Å².